The van der Waals surface area contributed by atoms with E-state index in [1.807, 2.05) is 12.1 Å². The van der Waals surface area contributed by atoms with E-state index >= 15 is 0 Å². The minimum atomic E-state index is -0.414. The Hall–Kier alpha value is -1.13. The van der Waals surface area contributed by atoms with Gasteiger partial charge in [-0.1, -0.05) is 12.8 Å². The Morgan fingerprint density at radius 2 is 1.95 bits per heavy atom. The van der Waals surface area contributed by atoms with E-state index in [1.54, 1.807) is 0 Å². The maximum atomic E-state index is 12.9. The summed E-state index contributed by atoms with van der Waals surface area (Å²) in [6.07, 6.45) is 6.22. The zero-order valence-electron chi connectivity index (χ0n) is 12.5. The molecule has 3 rings (SSSR count). The molecule has 0 unspecified atom stereocenters. The summed E-state index contributed by atoms with van der Waals surface area (Å²) in [5.41, 5.74) is 0.678. The average Bonchev–Trinajstić information content (AvgIpc) is 3.10. The van der Waals surface area contributed by atoms with Crippen molar-refractivity contribution in [2.45, 2.75) is 50.2 Å². The van der Waals surface area contributed by atoms with Crippen molar-refractivity contribution in [1.82, 2.24) is 5.32 Å². The van der Waals surface area contributed by atoms with E-state index < -0.39 is 5.60 Å². The van der Waals surface area contributed by atoms with E-state index in [4.69, 9.17) is 0 Å². The third kappa shape index (κ3) is 3.74. The highest BCUT2D eigenvalue weighted by atomic mass is 19.1. The van der Waals surface area contributed by atoms with Crippen LogP contribution < -0.4 is 10.2 Å². The van der Waals surface area contributed by atoms with E-state index in [2.05, 4.69) is 10.2 Å². The van der Waals surface area contributed by atoms with Crippen molar-refractivity contribution in [3.8, 4) is 0 Å². The number of hydrogen-bond acceptors (Lipinski definition) is 3. The summed E-state index contributed by atoms with van der Waals surface area (Å²) in [6, 6.07) is 7.20. The highest BCUT2D eigenvalue weighted by Gasteiger charge is 2.31. The zero-order valence-corrected chi connectivity index (χ0v) is 12.5. The van der Waals surface area contributed by atoms with Crippen molar-refractivity contribution in [3.05, 3.63) is 30.1 Å². The average molecular weight is 292 g/mol. The van der Waals surface area contributed by atoms with Crippen LogP contribution in [0, 0.1) is 5.82 Å². The van der Waals surface area contributed by atoms with Crippen molar-refractivity contribution >= 4 is 5.69 Å². The van der Waals surface area contributed by atoms with Crippen LogP contribution in [0.5, 0.6) is 0 Å². The first-order valence-corrected chi connectivity index (χ1v) is 8.11. The third-order valence-corrected chi connectivity index (χ3v) is 4.94. The van der Waals surface area contributed by atoms with Gasteiger partial charge in [-0.15, -0.1) is 0 Å². The standard InChI is InChI=1S/C17H25FN2O/c18-14-3-5-16(6-4-14)20-12-7-15(13-20)19-11-10-17(21)8-1-2-9-17/h3-6,15,19,21H,1-2,7-13H2/t15-/m0/s1. The van der Waals surface area contributed by atoms with Crippen molar-refractivity contribution in [2.75, 3.05) is 24.5 Å². The fourth-order valence-corrected chi connectivity index (χ4v) is 3.61. The molecule has 2 aliphatic rings. The summed E-state index contributed by atoms with van der Waals surface area (Å²) in [5, 5.41) is 13.9. The molecule has 116 valence electrons. The van der Waals surface area contributed by atoms with Crippen molar-refractivity contribution in [2.24, 2.45) is 0 Å². The molecule has 1 aromatic rings. The van der Waals surface area contributed by atoms with Gasteiger partial charge in [-0.05, 0) is 56.5 Å². The molecule has 1 aliphatic heterocycles. The summed E-state index contributed by atoms with van der Waals surface area (Å²) >= 11 is 0. The molecule has 0 amide bonds. The molecule has 1 atom stereocenters. The van der Waals surface area contributed by atoms with E-state index in [9.17, 15) is 9.50 Å². The zero-order chi connectivity index (χ0) is 14.7. The minimum absolute atomic E-state index is 0.183. The van der Waals surface area contributed by atoms with Crippen molar-refractivity contribution in [3.63, 3.8) is 0 Å². The van der Waals surface area contributed by atoms with Crippen LogP contribution in [-0.2, 0) is 0 Å². The van der Waals surface area contributed by atoms with Gasteiger partial charge >= 0.3 is 0 Å². The molecule has 1 aliphatic carbocycles. The van der Waals surface area contributed by atoms with Gasteiger partial charge in [0.15, 0.2) is 0 Å². The predicted molar refractivity (Wildman–Crippen MR) is 83.1 cm³/mol. The third-order valence-electron chi connectivity index (χ3n) is 4.94. The van der Waals surface area contributed by atoms with Gasteiger partial charge in [-0.2, -0.15) is 0 Å². The predicted octanol–water partition coefficient (Wildman–Crippen LogP) is 2.69. The van der Waals surface area contributed by atoms with Gasteiger partial charge in [-0.25, -0.2) is 4.39 Å². The lowest BCUT2D eigenvalue weighted by atomic mass is 9.98. The molecule has 0 aromatic heterocycles. The number of nitrogens with one attached hydrogen (secondary N) is 1. The van der Waals surface area contributed by atoms with Crippen LogP contribution >= 0.6 is 0 Å². The quantitative estimate of drug-likeness (QED) is 0.876. The van der Waals surface area contributed by atoms with Gasteiger partial charge in [0.2, 0.25) is 0 Å². The first-order valence-electron chi connectivity index (χ1n) is 8.11. The van der Waals surface area contributed by atoms with Gasteiger partial charge in [0.25, 0.3) is 0 Å². The molecular formula is C17H25FN2O. The highest BCUT2D eigenvalue weighted by Crippen LogP contribution is 2.32. The lowest BCUT2D eigenvalue weighted by Crippen LogP contribution is -2.37. The maximum Gasteiger partial charge on any atom is 0.123 e. The van der Waals surface area contributed by atoms with Crippen LogP contribution in [0.4, 0.5) is 10.1 Å². The largest absolute Gasteiger partial charge is 0.390 e. The fraction of sp³-hybridized carbons (Fsp3) is 0.647. The topological polar surface area (TPSA) is 35.5 Å². The molecule has 0 radical (unpaired) electrons. The molecular weight excluding hydrogens is 267 g/mol. The van der Waals surface area contributed by atoms with Crippen LogP contribution in [0.15, 0.2) is 24.3 Å². The van der Waals surface area contributed by atoms with E-state index in [1.165, 1.54) is 12.1 Å². The summed E-state index contributed by atoms with van der Waals surface area (Å²) in [7, 11) is 0. The summed E-state index contributed by atoms with van der Waals surface area (Å²) in [6.45, 7) is 2.86. The Morgan fingerprint density at radius 1 is 1.24 bits per heavy atom. The second-order valence-corrected chi connectivity index (χ2v) is 6.54. The number of anilines is 1. The first-order chi connectivity index (χ1) is 10.1. The molecule has 21 heavy (non-hydrogen) atoms. The number of halogens is 1. The van der Waals surface area contributed by atoms with E-state index in [0.29, 0.717) is 6.04 Å². The van der Waals surface area contributed by atoms with Crippen molar-refractivity contribution in [1.29, 1.82) is 0 Å². The van der Waals surface area contributed by atoms with E-state index in [-0.39, 0.29) is 5.82 Å². The Labute approximate surface area is 126 Å². The molecule has 2 fully saturated rings. The molecule has 1 aromatic carbocycles. The molecule has 3 nitrogen and oxygen atoms in total. The van der Waals surface area contributed by atoms with Gasteiger partial charge in [0, 0.05) is 24.8 Å². The number of nitrogens with zero attached hydrogens (tertiary/aromatic N) is 1. The van der Waals surface area contributed by atoms with E-state index in [0.717, 1.165) is 63.8 Å². The second-order valence-electron chi connectivity index (χ2n) is 6.54. The summed E-state index contributed by atoms with van der Waals surface area (Å²) in [4.78, 5) is 2.29. The SMILES string of the molecule is OC1(CCN[C@H]2CCN(c3ccc(F)cc3)C2)CCCC1. The van der Waals surface area contributed by atoms with Crippen LogP contribution in [0.25, 0.3) is 0 Å². The lowest BCUT2D eigenvalue weighted by Gasteiger charge is -2.23. The van der Waals surface area contributed by atoms with Gasteiger partial charge in [0.05, 0.1) is 5.60 Å². The molecule has 1 heterocycles. The highest BCUT2D eigenvalue weighted by molar-refractivity contribution is 5.47. The Morgan fingerprint density at radius 3 is 2.67 bits per heavy atom. The Balaban J connectivity index is 1.43. The number of aliphatic hydroxyl groups is 1. The Bertz CT molecular complexity index is 456. The lowest BCUT2D eigenvalue weighted by molar-refractivity contribution is 0.0386. The van der Waals surface area contributed by atoms with Gasteiger partial charge in [-0.3, -0.25) is 0 Å². The smallest absolute Gasteiger partial charge is 0.123 e. The van der Waals surface area contributed by atoms with Gasteiger partial charge < -0.3 is 15.3 Å². The molecule has 1 saturated carbocycles. The second kappa shape index (κ2) is 6.32. The molecule has 1 saturated heterocycles. The molecule has 0 spiro atoms. The van der Waals surface area contributed by atoms with Crippen molar-refractivity contribution < 1.29 is 9.50 Å². The minimum Gasteiger partial charge on any atom is -0.390 e. The number of rotatable bonds is 5. The maximum absolute atomic E-state index is 12.9. The number of hydrogen-bond donors (Lipinski definition) is 2. The fourth-order valence-electron chi connectivity index (χ4n) is 3.61. The molecule has 2 N–H and O–H groups in total. The van der Waals surface area contributed by atoms with Crippen LogP contribution in [0.3, 0.4) is 0 Å². The molecule has 0 bridgehead atoms. The monoisotopic (exact) mass is 292 g/mol. The molecule has 4 heteroatoms. The summed E-state index contributed by atoms with van der Waals surface area (Å²) < 4.78 is 12.9. The first kappa shape index (κ1) is 14.8. The Kier molecular flexibility index (Phi) is 4.45. The van der Waals surface area contributed by atoms with Crippen LogP contribution in [-0.4, -0.2) is 36.4 Å². The van der Waals surface area contributed by atoms with Crippen LogP contribution in [0.1, 0.15) is 38.5 Å². The van der Waals surface area contributed by atoms with Crippen LogP contribution in [0.2, 0.25) is 0 Å². The number of benzene rings is 1. The summed E-state index contributed by atoms with van der Waals surface area (Å²) in [5.74, 6) is -0.183. The van der Waals surface area contributed by atoms with Gasteiger partial charge in [0.1, 0.15) is 5.82 Å². The normalized spacial score (nSPS) is 24.7.